The van der Waals surface area contributed by atoms with E-state index in [1.165, 1.54) is 24.3 Å². The number of hydrogen-bond donors (Lipinski definition) is 3. The molecule has 0 spiro atoms. The maximum absolute atomic E-state index is 12.0. The zero-order chi connectivity index (χ0) is 19.2. The molecule has 0 unspecified atom stereocenters. The maximum Gasteiger partial charge on any atom is 0.251 e. The summed E-state index contributed by atoms with van der Waals surface area (Å²) in [5.41, 5.74) is 1.24. The van der Waals surface area contributed by atoms with Crippen LogP contribution in [-0.2, 0) is 10.0 Å². The largest absolute Gasteiger partial charge is 0.350 e. The molecule has 26 heavy (non-hydrogen) atoms. The second-order valence-corrected chi connectivity index (χ2v) is 7.66. The summed E-state index contributed by atoms with van der Waals surface area (Å²) in [7, 11) is -3.36. The van der Waals surface area contributed by atoms with E-state index >= 15 is 0 Å². The average Bonchev–Trinajstić information content (AvgIpc) is 2.58. The molecule has 0 atom stereocenters. The monoisotopic (exact) mass is 395 g/mol. The topological polar surface area (TPSA) is 104 Å². The summed E-state index contributed by atoms with van der Waals surface area (Å²) < 4.78 is 24.6. The van der Waals surface area contributed by atoms with Gasteiger partial charge in [0.25, 0.3) is 11.8 Å². The third-order valence-electron chi connectivity index (χ3n) is 3.25. The van der Waals surface area contributed by atoms with Crippen LogP contribution < -0.4 is 15.4 Å². The zero-order valence-electron chi connectivity index (χ0n) is 14.0. The highest BCUT2D eigenvalue weighted by Crippen LogP contribution is 2.11. The number of sulfonamides is 1. The number of rotatable bonds is 7. The predicted octanol–water partition coefficient (Wildman–Crippen LogP) is 1.87. The first-order valence-corrected chi connectivity index (χ1v) is 9.91. The van der Waals surface area contributed by atoms with E-state index in [4.69, 9.17) is 11.6 Å². The number of benzene rings is 2. The molecule has 3 N–H and O–H groups in total. The molecule has 2 aromatic carbocycles. The van der Waals surface area contributed by atoms with Gasteiger partial charge in [-0.25, -0.2) is 8.42 Å². The number of amides is 2. The van der Waals surface area contributed by atoms with Crippen LogP contribution in [0.1, 0.15) is 20.7 Å². The summed E-state index contributed by atoms with van der Waals surface area (Å²) in [5.74, 6) is -0.580. The lowest BCUT2D eigenvalue weighted by Gasteiger charge is -2.08. The van der Waals surface area contributed by atoms with Crippen LogP contribution in [-0.4, -0.2) is 39.6 Å². The van der Waals surface area contributed by atoms with Gasteiger partial charge in [-0.1, -0.05) is 11.6 Å². The zero-order valence-corrected chi connectivity index (χ0v) is 15.5. The second kappa shape index (κ2) is 8.68. The minimum absolute atomic E-state index is 0.251. The van der Waals surface area contributed by atoms with Crippen molar-refractivity contribution < 1.29 is 18.0 Å². The van der Waals surface area contributed by atoms with E-state index in [1.54, 1.807) is 24.3 Å². The fourth-order valence-electron chi connectivity index (χ4n) is 2.06. The lowest BCUT2D eigenvalue weighted by atomic mass is 10.2. The van der Waals surface area contributed by atoms with Crippen LogP contribution in [0.2, 0.25) is 5.02 Å². The number of nitrogens with one attached hydrogen (secondary N) is 3. The van der Waals surface area contributed by atoms with Gasteiger partial charge in [-0.2, -0.15) is 0 Å². The van der Waals surface area contributed by atoms with Crippen molar-refractivity contribution in [3.05, 3.63) is 64.7 Å². The van der Waals surface area contributed by atoms with Crippen molar-refractivity contribution in [3.63, 3.8) is 0 Å². The molecule has 0 radical (unpaired) electrons. The van der Waals surface area contributed by atoms with Crippen molar-refractivity contribution in [3.8, 4) is 0 Å². The van der Waals surface area contributed by atoms with Gasteiger partial charge in [0.05, 0.1) is 6.26 Å². The summed E-state index contributed by atoms with van der Waals surface area (Å²) in [6, 6.07) is 12.5. The quantitative estimate of drug-likeness (QED) is 0.622. The Balaban J connectivity index is 1.78. The molecule has 9 heteroatoms. The Hall–Kier alpha value is -2.58. The van der Waals surface area contributed by atoms with Gasteiger partial charge in [0.2, 0.25) is 10.0 Å². The highest BCUT2D eigenvalue weighted by atomic mass is 35.5. The van der Waals surface area contributed by atoms with E-state index in [0.717, 1.165) is 6.26 Å². The highest BCUT2D eigenvalue weighted by Gasteiger charge is 2.08. The molecule has 2 amide bonds. The van der Waals surface area contributed by atoms with Crippen LogP contribution in [0.3, 0.4) is 0 Å². The summed E-state index contributed by atoms with van der Waals surface area (Å²) in [6.07, 6.45) is 1.05. The van der Waals surface area contributed by atoms with Crippen LogP contribution in [0.4, 0.5) is 5.69 Å². The van der Waals surface area contributed by atoms with Crippen LogP contribution in [0.15, 0.2) is 48.5 Å². The van der Waals surface area contributed by atoms with E-state index in [2.05, 4.69) is 15.4 Å². The molecule has 0 fully saturated rings. The SMILES string of the molecule is CS(=O)(=O)Nc1ccc(C(=O)NCCNC(=O)c2ccc(Cl)cc2)cc1. The Morgan fingerprint density at radius 1 is 0.846 bits per heavy atom. The molecule has 0 aliphatic carbocycles. The van der Waals surface area contributed by atoms with Gasteiger partial charge in [-0.15, -0.1) is 0 Å². The maximum atomic E-state index is 12.0. The van der Waals surface area contributed by atoms with Gasteiger partial charge in [0.1, 0.15) is 0 Å². The Labute approximate surface area is 156 Å². The number of carbonyl (C=O) groups excluding carboxylic acids is 2. The normalized spacial score (nSPS) is 10.8. The molecule has 2 rings (SSSR count). The lowest BCUT2D eigenvalue weighted by molar-refractivity contribution is 0.0927. The number of anilines is 1. The first kappa shape index (κ1) is 19.7. The Bertz CT molecular complexity index is 881. The van der Waals surface area contributed by atoms with Crippen molar-refractivity contribution in [1.29, 1.82) is 0 Å². The molecule has 0 heterocycles. The fraction of sp³-hybridized carbons (Fsp3) is 0.176. The number of halogens is 1. The van der Waals surface area contributed by atoms with Gasteiger partial charge in [0.15, 0.2) is 0 Å². The van der Waals surface area contributed by atoms with E-state index in [-0.39, 0.29) is 24.9 Å². The lowest BCUT2D eigenvalue weighted by Crippen LogP contribution is -2.34. The Kier molecular flexibility index (Phi) is 6.59. The van der Waals surface area contributed by atoms with Gasteiger partial charge in [0, 0.05) is 34.9 Å². The first-order chi connectivity index (χ1) is 12.2. The van der Waals surface area contributed by atoms with E-state index in [0.29, 0.717) is 21.8 Å². The molecule has 0 bridgehead atoms. The summed E-state index contributed by atoms with van der Waals surface area (Å²) in [5, 5.41) is 5.90. The van der Waals surface area contributed by atoms with Crippen molar-refractivity contribution in [1.82, 2.24) is 10.6 Å². The third-order valence-corrected chi connectivity index (χ3v) is 4.11. The van der Waals surface area contributed by atoms with Gasteiger partial charge >= 0.3 is 0 Å². The van der Waals surface area contributed by atoms with Crippen molar-refractivity contribution in [2.45, 2.75) is 0 Å². The molecular weight excluding hydrogens is 378 g/mol. The summed E-state index contributed by atoms with van der Waals surface area (Å²) in [4.78, 5) is 23.9. The number of hydrogen-bond acceptors (Lipinski definition) is 4. The van der Waals surface area contributed by atoms with Gasteiger partial charge in [-0.3, -0.25) is 14.3 Å². The molecule has 138 valence electrons. The van der Waals surface area contributed by atoms with E-state index in [1.807, 2.05) is 0 Å². The fourth-order valence-corrected chi connectivity index (χ4v) is 2.75. The second-order valence-electron chi connectivity index (χ2n) is 5.47. The molecule has 0 saturated heterocycles. The van der Waals surface area contributed by atoms with Crippen molar-refractivity contribution >= 4 is 39.1 Å². The van der Waals surface area contributed by atoms with Crippen LogP contribution in [0.25, 0.3) is 0 Å². The molecule has 0 saturated carbocycles. The minimum Gasteiger partial charge on any atom is -0.350 e. The Morgan fingerprint density at radius 3 is 1.69 bits per heavy atom. The van der Waals surface area contributed by atoms with Crippen LogP contribution in [0.5, 0.6) is 0 Å². The van der Waals surface area contributed by atoms with Crippen LogP contribution in [0, 0.1) is 0 Å². The average molecular weight is 396 g/mol. The standard InChI is InChI=1S/C17H18ClN3O4S/c1-26(24,25)21-15-8-4-13(5-9-15)17(23)20-11-10-19-16(22)12-2-6-14(18)7-3-12/h2-9,21H,10-11H2,1H3,(H,19,22)(H,20,23). The first-order valence-electron chi connectivity index (χ1n) is 7.64. The molecule has 0 aliphatic heterocycles. The van der Waals surface area contributed by atoms with E-state index < -0.39 is 10.0 Å². The van der Waals surface area contributed by atoms with Gasteiger partial charge in [-0.05, 0) is 48.5 Å². The predicted molar refractivity (Wildman–Crippen MR) is 101 cm³/mol. The molecule has 7 nitrogen and oxygen atoms in total. The molecular formula is C17H18ClN3O4S. The smallest absolute Gasteiger partial charge is 0.251 e. The third kappa shape index (κ3) is 6.38. The summed E-state index contributed by atoms with van der Waals surface area (Å²) >= 11 is 5.76. The Morgan fingerprint density at radius 2 is 1.27 bits per heavy atom. The molecule has 0 aromatic heterocycles. The molecule has 0 aliphatic rings. The van der Waals surface area contributed by atoms with Crippen LogP contribution >= 0.6 is 11.6 Å². The summed E-state index contributed by atoms with van der Waals surface area (Å²) in [6.45, 7) is 0.516. The van der Waals surface area contributed by atoms with Crippen molar-refractivity contribution in [2.24, 2.45) is 0 Å². The number of carbonyl (C=O) groups is 2. The van der Waals surface area contributed by atoms with E-state index in [9.17, 15) is 18.0 Å². The van der Waals surface area contributed by atoms with Gasteiger partial charge < -0.3 is 10.6 Å². The van der Waals surface area contributed by atoms with Crippen molar-refractivity contribution in [2.75, 3.05) is 24.1 Å². The minimum atomic E-state index is -3.36. The molecule has 2 aromatic rings. The highest BCUT2D eigenvalue weighted by molar-refractivity contribution is 7.92.